The maximum Gasteiger partial charge on any atom is 0.221 e. The summed E-state index contributed by atoms with van der Waals surface area (Å²) in [6.07, 6.45) is 0.475. The monoisotopic (exact) mass is 351 g/mol. The standard InChI is InChI=1S/C22H29N3O/c1-3-24-16-20(17-25(24)4-2)23-22(26)15-21(18-11-7-5-8-12-18)19-13-9-6-10-14-19/h5-14,20-21H,3-4,15-17H2,1-2H3,(H,23,26). The molecule has 1 heterocycles. The number of likely N-dealkylation sites (N-methyl/N-ethyl adjacent to an activating group) is 2. The fourth-order valence-corrected chi connectivity index (χ4v) is 3.82. The Morgan fingerprint density at radius 1 is 0.923 bits per heavy atom. The number of nitrogens with one attached hydrogen (secondary N) is 1. The van der Waals surface area contributed by atoms with E-state index < -0.39 is 0 Å². The minimum Gasteiger partial charge on any atom is -0.351 e. The first kappa shape index (κ1) is 18.6. The molecule has 0 radical (unpaired) electrons. The summed E-state index contributed by atoms with van der Waals surface area (Å²) in [7, 11) is 0. The SMILES string of the molecule is CCN1CC(NC(=O)CC(c2ccccc2)c2ccccc2)CN1CC. The van der Waals surface area contributed by atoms with Gasteiger partial charge in [0.1, 0.15) is 0 Å². The van der Waals surface area contributed by atoms with Crippen LogP contribution in [-0.2, 0) is 4.79 Å². The van der Waals surface area contributed by atoms with Crippen LogP contribution in [0.1, 0.15) is 37.3 Å². The molecule has 0 spiro atoms. The van der Waals surface area contributed by atoms with Gasteiger partial charge in [0.25, 0.3) is 0 Å². The average molecular weight is 351 g/mol. The molecule has 0 atom stereocenters. The van der Waals surface area contributed by atoms with Crippen molar-refractivity contribution in [3.63, 3.8) is 0 Å². The van der Waals surface area contributed by atoms with Crippen molar-refractivity contribution in [3.8, 4) is 0 Å². The lowest BCUT2D eigenvalue weighted by Gasteiger charge is -2.24. The van der Waals surface area contributed by atoms with Gasteiger partial charge in [-0.2, -0.15) is 0 Å². The molecule has 1 aliphatic rings. The van der Waals surface area contributed by atoms with Crippen LogP contribution in [0.5, 0.6) is 0 Å². The topological polar surface area (TPSA) is 35.6 Å². The summed E-state index contributed by atoms with van der Waals surface area (Å²) in [6.45, 7) is 8.09. The zero-order valence-corrected chi connectivity index (χ0v) is 15.8. The summed E-state index contributed by atoms with van der Waals surface area (Å²) in [5.74, 6) is 0.213. The molecular formula is C22H29N3O. The van der Waals surface area contributed by atoms with Crippen molar-refractivity contribution in [2.24, 2.45) is 0 Å². The van der Waals surface area contributed by atoms with Crippen molar-refractivity contribution >= 4 is 5.91 Å². The van der Waals surface area contributed by atoms with Gasteiger partial charge in [-0.25, -0.2) is 10.0 Å². The van der Waals surface area contributed by atoms with Gasteiger partial charge in [-0.15, -0.1) is 0 Å². The zero-order chi connectivity index (χ0) is 18.4. The molecule has 1 aliphatic heterocycles. The Kier molecular flexibility index (Phi) is 6.42. The maximum atomic E-state index is 12.8. The Bertz CT molecular complexity index is 638. The molecule has 26 heavy (non-hydrogen) atoms. The third kappa shape index (κ3) is 4.51. The van der Waals surface area contributed by atoms with E-state index in [1.165, 1.54) is 11.1 Å². The molecule has 138 valence electrons. The van der Waals surface area contributed by atoms with Crippen LogP contribution in [0.25, 0.3) is 0 Å². The van der Waals surface area contributed by atoms with Crippen LogP contribution in [0.4, 0.5) is 0 Å². The zero-order valence-electron chi connectivity index (χ0n) is 15.8. The second kappa shape index (κ2) is 8.97. The molecular weight excluding hydrogens is 322 g/mol. The highest BCUT2D eigenvalue weighted by atomic mass is 16.1. The van der Waals surface area contributed by atoms with Gasteiger partial charge in [-0.05, 0) is 11.1 Å². The first-order chi connectivity index (χ1) is 12.7. The van der Waals surface area contributed by atoms with Crippen LogP contribution in [0.2, 0.25) is 0 Å². The number of hydrazine groups is 1. The molecule has 1 amide bonds. The minimum atomic E-state index is 0.0864. The number of rotatable bonds is 7. The second-order valence-electron chi connectivity index (χ2n) is 6.85. The van der Waals surface area contributed by atoms with Gasteiger partial charge in [-0.1, -0.05) is 74.5 Å². The van der Waals surface area contributed by atoms with Crippen molar-refractivity contribution in [1.82, 2.24) is 15.3 Å². The van der Waals surface area contributed by atoms with Crippen molar-refractivity contribution < 1.29 is 4.79 Å². The lowest BCUT2D eigenvalue weighted by molar-refractivity contribution is -0.121. The number of hydrogen-bond donors (Lipinski definition) is 1. The average Bonchev–Trinajstić information content (AvgIpc) is 3.09. The fraction of sp³-hybridized carbons (Fsp3) is 0.409. The van der Waals surface area contributed by atoms with Crippen molar-refractivity contribution in [2.75, 3.05) is 26.2 Å². The number of carbonyl (C=O) groups excluding carboxylic acids is 1. The Balaban J connectivity index is 1.69. The van der Waals surface area contributed by atoms with Crippen molar-refractivity contribution in [3.05, 3.63) is 71.8 Å². The van der Waals surface area contributed by atoms with E-state index in [9.17, 15) is 4.79 Å². The fourth-order valence-electron chi connectivity index (χ4n) is 3.82. The van der Waals surface area contributed by atoms with Gasteiger partial charge >= 0.3 is 0 Å². The van der Waals surface area contributed by atoms with Crippen LogP contribution < -0.4 is 5.32 Å². The number of nitrogens with zero attached hydrogens (tertiary/aromatic N) is 2. The lowest BCUT2D eigenvalue weighted by atomic mass is 9.88. The number of amides is 1. The highest BCUT2D eigenvalue weighted by molar-refractivity contribution is 5.78. The highest BCUT2D eigenvalue weighted by Gasteiger charge is 2.29. The van der Waals surface area contributed by atoms with E-state index in [2.05, 4.69) is 53.4 Å². The Labute approximate surface area is 156 Å². The van der Waals surface area contributed by atoms with Gasteiger partial charge in [0.05, 0.1) is 6.04 Å². The largest absolute Gasteiger partial charge is 0.351 e. The molecule has 3 rings (SSSR count). The quantitative estimate of drug-likeness (QED) is 0.832. The van der Waals surface area contributed by atoms with Crippen molar-refractivity contribution in [2.45, 2.75) is 32.2 Å². The Morgan fingerprint density at radius 3 is 1.81 bits per heavy atom. The molecule has 2 aromatic rings. The minimum absolute atomic E-state index is 0.0864. The van der Waals surface area contributed by atoms with E-state index in [-0.39, 0.29) is 17.9 Å². The van der Waals surface area contributed by atoms with E-state index >= 15 is 0 Å². The van der Waals surface area contributed by atoms with E-state index in [4.69, 9.17) is 0 Å². The summed E-state index contributed by atoms with van der Waals surface area (Å²) in [5.41, 5.74) is 2.37. The van der Waals surface area contributed by atoms with Gasteiger partial charge in [0.15, 0.2) is 0 Å². The lowest BCUT2D eigenvalue weighted by Crippen LogP contribution is -2.39. The van der Waals surface area contributed by atoms with Crippen LogP contribution in [0.15, 0.2) is 60.7 Å². The summed E-state index contributed by atoms with van der Waals surface area (Å²) < 4.78 is 0. The van der Waals surface area contributed by atoms with Gasteiger partial charge in [-0.3, -0.25) is 4.79 Å². The molecule has 0 bridgehead atoms. The predicted molar refractivity (Wildman–Crippen MR) is 106 cm³/mol. The maximum absolute atomic E-state index is 12.8. The number of benzene rings is 2. The van der Waals surface area contributed by atoms with E-state index in [0.717, 1.165) is 26.2 Å². The van der Waals surface area contributed by atoms with Crippen LogP contribution in [-0.4, -0.2) is 48.1 Å². The molecule has 1 saturated heterocycles. The summed E-state index contributed by atoms with van der Waals surface area (Å²) in [4.78, 5) is 12.8. The second-order valence-corrected chi connectivity index (χ2v) is 6.85. The third-order valence-corrected chi connectivity index (χ3v) is 5.15. The number of carbonyl (C=O) groups is 1. The Hall–Kier alpha value is -2.17. The predicted octanol–water partition coefficient (Wildman–Crippen LogP) is 3.27. The first-order valence-electron chi connectivity index (χ1n) is 9.60. The molecule has 0 aromatic heterocycles. The molecule has 1 N–H and O–H groups in total. The normalized spacial score (nSPS) is 16.3. The molecule has 2 aromatic carbocycles. The highest BCUT2D eigenvalue weighted by Crippen LogP contribution is 2.28. The summed E-state index contributed by atoms with van der Waals surface area (Å²) in [5, 5.41) is 7.89. The molecule has 4 nitrogen and oxygen atoms in total. The smallest absolute Gasteiger partial charge is 0.221 e. The number of hydrogen-bond acceptors (Lipinski definition) is 3. The van der Waals surface area contributed by atoms with Crippen LogP contribution >= 0.6 is 0 Å². The van der Waals surface area contributed by atoms with E-state index in [1.54, 1.807) is 0 Å². The van der Waals surface area contributed by atoms with Gasteiger partial charge < -0.3 is 5.32 Å². The summed E-state index contributed by atoms with van der Waals surface area (Å²) >= 11 is 0. The third-order valence-electron chi connectivity index (χ3n) is 5.15. The molecule has 1 fully saturated rings. The van der Waals surface area contributed by atoms with Crippen LogP contribution in [0.3, 0.4) is 0 Å². The molecule has 0 aliphatic carbocycles. The molecule has 0 saturated carbocycles. The molecule has 0 unspecified atom stereocenters. The first-order valence-corrected chi connectivity index (χ1v) is 9.60. The van der Waals surface area contributed by atoms with Gasteiger partial charge in [0.2, 0.25) is 5.91 Å². The Morgan fingerprint density at radius 2 is 1.38 bits per heavy atom. The van der Waals surface area contributed by atoms with E-state index in [1.807, 2.05) is 36.4 Å². The van der Waals surface area contributed by atoms with E-state index in [0.29, 0.717) is 6.42 Å². The van der Waals surface area contributed by atoms with Gasteiger partial charge in [0, 0.05) is 38.5 Å². The van der Waals surface area contributed by atoms with Crippen molar-refractivity contribution in [1.29, 1.82) is 0 Å². The molecule has 4 heteroatoms. The van der Waals surface area contributed by atoms with Crippen LogP contribution in [0, 0.1) is 0 Å². The summed E-state index contributed by atoms with van der Waals surface area (Å²) in [6, 6.07) is 20.8.